The smallest absolute Gasteiger partial charge is 0.229 e. The third-order valence-corrected chi connectivity index (χ3v) is 3.73. The minimum absolute atomic E-state index is 0.459. The minimum Gasteiger partial charge on any atom is -0.384 e. The summed E-state index contributed by atoms with van der Waals surface area (Å²) in [7, 11) is 0. The standard InChI is InChI=1S/C17H14N4/c18-16-7-8-19-17(21-16)20-13-5-6-15-12(10-13)9-11-3-1-2-4-14(11)15/h1-8,10H,9H2,(H3,18,19,20,21). The molecule has 21 heavy (non-hydrogen) atoms. The molecule has 0 radical (unpaired) electrons. The number of nitrogen functional groups attached to an aromatic ring is 1. The fourth-order valence-corrected chi connectivity index (χ4v) is 2.78. The lowest BCUT2D eigenvalue weighted by molar-refractivity contribution is 1.17. The van der Waals surface area contributed by atoms with Gasteiger partial charge in [0, 0.05) is 11.9 Å². The second-order valence-corrected chi connectivity index (χ2v) is 5.14. The zero-order valence-corrected chi connectivity index (χ0v) is 11.4. The SMILES string of the molecule is Nc1ccnc(Nc2ccc3c(c2)Cc2ccccc2-3)n1. The molecule has 0 saturated heterocycles. The monoisotopic (exact) mass is 274 g/mol. The molecule has 102 valence electrons. The molecule has 4 heteroatoms. The number of hydrogen-bond acceptors (Lipinski definition) is 4. The number of nitrogens with zero attached hydrogens (tertiary/aromatic N) is 2. The fraction of sp³-hybridized carbons (Fsp3) is 0.0588. The van der Waals surface area contributed by atoms with Gasteiger partial charge >= 0.3 is 0 Å². The van der Waals surface area contributed by atoms with Gasteiger partial charge in [0.15, 0.2) is 0 Å². The Morgan fingerprint density at radius 3 is 2.71 bits per heavy atom. The van der Waals surface area contributed by atoms with E-state index in [-0.39, 0.29) is 0 Å². The van der Waals surface area contributed by atoms with Crippen LogP contribution in [0.15, 0.2) is 54.7 Å². The normalized spacial score (nSPS) is 11.8. The summed E-state index contributed by atoms with van der Waals surface area (Å²) in [5, 5.41) is 3.20. The third-order valence-electron chi connectivity index (χ3n) is 3.73. The molecule has 0 bridgehead atoms. The highest BCUT2D eigenvalue weighted by Gasteiger charge is 2.17. The molecule has 4 rings (SSSR count). The molecular weight excluding hydrogens is 260 g/mol. The average Bonchev–Trinajstić information content (AvgIpc) is 2.85. The summed E-state index contributed by atoms with van der Waals surface area (Å²) in [6, 6.07) is 16.6. The Morgan fingerprint density at radius 1 is 0.952 bits per heavy atom. The Kier molecular flexibility index (Phi) is 2.60. The number of benzene rings is 2. The Morgan fingerprint density at radius 2 is 1.81 bits per heavy atom. The number of aromatic nitrogens is 2. The predicted molar refractivity (Wildman–Crippen MR) is 84.4 cm³/mol. The number of anilines is 3. The molecule has 0 aliphatic heterocycles. The van der Waals surface area contributed by atoms with Gasteiger partial charge < -0.3 is 11.1 Å². The van der Waals surface area contributed by atoms with E-state index < -0.39 is 0 Å². The molecule has 1 aliphatic carbocycles. The Bertz CT molecular complexity index is 827. The van der Waals surface area contributed by atoms with Crippen LogP contribution in [0.1, 0.15) is 11.1 Å². The molecule has 0 atom stereocenters. The zero-order chi connectivity index (χ0) is 14.2. The largest absolute Gasteiger partial charge is 0.384 e. The molecule has 0 fully saturated rings. The van der Waals surface area contributed by atoms with E-state index in [4.69, 9.17) is 5.73 Å². The summed E-state index contributed by atoms with van der Waals surface area (Å²) < 4.78 is 0. The van der Waals surface area contributed by atoms with Crippen LogP contribution in [-0.2, 0) is 6.42 Å². The van der Waals surface area contributed by atoms with E-state index in [0.29, 0.717) is 11.8 Å². The van der Waals surface area contributed by atoms with Crippen LogP contribution in [0, 0.1) is 0 Å². The van der Waals surface area contributed by atoms with Gasteiger partial charge in [-0.25, -0.2) is 4.98 Å². The van der Waals surface area contributed by atoms with Gasteiger partial charge in [-0.3, -0.25) is 0 Å². The van der Waals surface area contributed by atoms with Crippen LogP contribution in [0.2, 0.25) is 0 Å². The Hall–Kier alpha value is -2.88. The van der Waals surface area contributed by atoms with Crippen molar-refractivity contribution >= 4 is 17.5 Å². The summed E-state index contributed by atoms with van der Waals surface area (Å²) in [4.78, 5) is 8.32. The molecule has 0 spiro atoms. The van der Waals surface area contributed by atoms with Crippen molar-refractivity contribution in [3.63, 3.8) is 0 Å². The van der Waals surface area contributed by atoms with Gasteiger partial charge in [-0.05, 0) is 46.9 Å². The van der Waals surface area contributed by atoms with Crippen molar-refractivity contribution < 1.29 is 0 Å². The van der Waals surface area contributed by atoms with Crippen molar-refractivity contribution in [1.82, 2.24) is 9.97 Å². The number of fused-ring (bicyclic) bond motifs is 3. The molecule has 1 aliphatic rings. The summed E-state index contributed by atoms with van der Waals surface area (Å²) in [5.41, 5.74) is 12.0. The van der Waals surface area contributed by atoms with Crippen molar-refractivity contribution in [3.05, 3.63) is 65.9 Å². The van der Waals surface area contributed by atoms with Crippen LogP contribution in [-0.4, -0.2) is 9.97 Å². The molecule has 1 aromatic heterocycles. The van der Waals surface area contributed by atoms with Crippen LogP contribution >= 0.6 is 0 Å². The number of nitrogens with two attached hydrogens (primary N) is 1. The second-order valence-electron chi connectivity index (χ2n) is 5.14. The maximum atomic E-state index is 5.67. The van der Waals surface area contributed by atoms with E-state index >= 15 is 0 Å². The van der Waals surface area contributed by atoms with Crippen molar-refractivity contribution in [3.8, 4) is 11.1 Å². The van der Waals surface area contributed by atoms with Crippen molar-refractivity contribution in [2.75, 3.05) is 11.1 Å². The van der Waals surface area contributed by atoms with Crippen LogP contribution in [0.5, 0.6) is 0 Å². The topological polar surface area (TPSA) is 63.8 Å². The van der Waals surface area contributed by atoms with Gasteiger partial charge in [-0.2, -0.15) is 4.98 Å². The van der Waals surface area contributed by atoms with E-state index in [9.17, 15) is 0 Å². The van der Waals surface area contributed by atoms with E-state index in [1.54, 1.807) is 12.3 Å². The predicted octanol–water partition coefficient (Wildman–Crippen LogP) is 3.37. The minimum atomic E-state index is 0.459. The molecule has 4 nitrogen and oxygen atoms in total. The molecule has 3 aromatic rings. The van der Waals surface area contributed by atoms with Gasteiger partial charge in [0.25, 0.3) is 0 Å². The molecule has 0 unspecified atom stereocenters. The highest BCUT2D eigenvalue weighted by atomic mass is 15.1. The highest BCUT2D eigenvalue weighted by molar-refractivity contribution is 5.79. The summed E-state index contributed by atoms with van der Waals surface area (Å²) in [6.07, 6.45) is 2.62. The summed E-state index contributed by atoms with van der Waals surface area (Å²) in [5.74, 6) is 0.978. The maximum absolute atomic E-state index is 5.67. The lowest BCUT2D eigenvalue weighted by Gasteiger charge is -2.07. The number of hydrogen-bond donors (Lipinski definition) is 2. The van der Waals surface area contributed by atoms with Gasteiger partial charge in [0.2, 0.25) is 5.95 Å². The van der Waals surface area contributed by atoms with Gasteiger partial charge in [0.1, 0.15) is 5.82 Å². The first kappa shape index (κ1) is 11.9. The fourth-order valence-electron chi connectivity index (χ4n) is 2.78. The number of nitrogens with one attached hydrogen (secondary N) is 1. The third kappa shape index (κ3) is 2.10. The quantitative estimate of drug-likeness (QED) is 0.588. The van der Waals surface area contributed by atoms with E-state index in [0.717, 1.165) is 12.1 Å². The second kappa shape index (κ2) is 4.59. The van der Waals surface area contributed by atoms with Gasteiger partial charge in [-0.15, -0.1) is 0 Å². The van der Waals surface area contributed by atoms with Crippen LogP contribution < -0.4 is 11.1 Å². The lowest BCUT2D eigenvalue weighted by atomic mass is 10.1. The first-order valence-electron chi connectivity index (χ1n) is 6.86. The first-order chi connectivity index (χ1) is 10.3. The summed E-state index contributed by atoms with van der Waals surface area (Å²) in [6.45, 7) is 0. The van der Waals surface area contributed by atoms with Gasteiger partial charge in [-0.1, -0.05) is 30.3 Å². The van der Waals surface area contributed by atoms with E-state index in [1.807, 2.05) is 6.07 Å². The van der Waals surface area contributed by atoms with Gasteiger partial charge in [0.05, 0.1) is 0 Å². The summed E-state index contributed by atoms with van der Waals surface area (Å²) >= 11 is 0. The highest BCUT2D eigenvalue weighted by Crippen LogP contribution is 2.37. The van der Waals surface area contributed by atoms with E-state index in [2.05, 4.69) is 51.7 Å². The first-order valence-corrected chi connectivity index (χ1v) is 6.86. The average molecular weight is 274 g/mol. The van der Waals surface area contributed by atoms with Crippen LogP contribution in [0.3, 0.4) is 0 Å². The molecule has 0 saturated carbocycles. The zero-order valence-electron chi connectivity index (χ0n) is 11.4. The molecule has 1 heterocycles. The van der Waals surface area contributed by atoms with Crippen LogP contribution in [0.4, 0.5) is 17.5 Å². The molecule has 3 N–H and O–H groups in total. The van der Waals surface area contributed by atoms with Crippen molar-refractivity contribution in [2.45, 2.75) is 6.42 Å². The lowest BCUT2D eigenvalue weighted by Crippen LogP contribution is -1.99. The van der Waals surface area contributed by atoms with Crippen molar-refractivity contribution in [1.29, 1.82) is 0 Å². The van der Waals surface area contributed by atoms with Crippen LogP contribution in [0.25, 0.3) is 11.1 Å². The number of rotatable bonds is 2. The molecular formula is C17H14N4. The molecule has 0 amide bonds. The maximum Gasteiger partial charge on any atom is 0.229 e. The Balaban J connectivity index is 1.67. The molecule has 2 aromatic carbocycles. The van der Waals surface area contributed by atoms with E-state index in [1.165, 1.54) is 22.3 Å². The Labute approximate surface area is 122 Å². The van der Waals surface area contributed by atoms with Crippen molar-refractivity contribution in [2.24, 2.45) is 0 Å².